The van der Waals surface area contributed by atoms with Gasteiger partial charge in [-0.1, -0.05) is 15.9 Å². The molecule has 0 saturated carbocycles. The molecule has 0 radical (unpaired) electrons. The van der Waals surface area contributed by atoms with Crippen molar-refractivity contribution in [3.8, 4) is 11.6 Å². The first kappa shape index (κ1) is 14.0. The lowest BCUT2D eigenvalue weighted by atomic mass is 10.2. The molecule has 0 spiro atoms. The van der Waals surface area contributed by atoms with Crippen molar-refractivity contribution < 1.29 is 19.6 Å². The number of carboxylic acids is 1. The van der Waals surface area contributed by atoms with Crippen LogP contribution in [-0.2, 0) is 7.05 Å². The average molecular weight is 342 g/mol. The van der Waals surface area contributed by atoms with E-state index in [0.717, 1.165) is 0 Å². The Morgan fingerprint density at radius 2 is 2.25 bits per heavy atom. The van der Waals surface area contributed by atoms with Gasteiger partial charge in [-0.15, -0.1) is 0 Å². The number of carboxylic acid groups (broad SMARTS) is 1. The SMILES string of the molecule is Cn1cnc([N+](=O)[O-])c1Oc1ccc(Br)cc1C(=O)O. The van der Waals surface area contributed by atoms with Gasteiger partial charge in [0.15, 0.2) is 0 Å². The number of hydrogen-bond acceptors (Lipinski definition) is 5. The Hall–Kier alpha value is -2.42. The molecular weight excluding hydrogens is 334 g/mol. The summed E-state index contributed by atoms with van der Waals surface area (Å²) < 4.78 is 7.20. The van der Waals surface area contributed by atoms with Gasteiger partial charge in [0.1, 0.15) is 11.3 Å². The highest BCUT2D eigenvalue weighted by atomic mass is 79.9. The second kappa shape index (κ2) is 5.29. The van der Waals surface area contributed by atoms with Gasteiger partial charge < -0.3 is 20.0 Å². The third-order valence-corrected chi connectivity index (χ3v) is 2.91. The summed E-state index contributed by atoms with van der Waals surface area (Å²) in [5.74, 6) is -1.83. The van der Waals surface area contributed by atoms with E-state index in [2.05, 4.69) is 20.9 Å². The van der Waals surface area contributed by atoms with Crippen molar-refractivity contribution in [2.75, 3.05) is 0 Å². The lowest BCUT2D eigenvalue weighted by molar-refractivity contribution is -0.390. The molecule has 0 aliphatic heterocycles. The Balaban J connectivity index is 2.48. The van der Waals surface area contributed by atoms with Gasteiger partial charge in [-0.2, -0.15) is 0 Å². The maximum Gasteiger partial charge on any atom is 0.427 e. The lowest BCUT2D eigenvalue weighted by Gasteiger charge is -2.08. The van der Waals surface area contributed by atoms with Gasteiger partial charge in [0.25, 0.3) is 0 Å². The number of nitrogens with zero attached hydrogens (tertiary/aromatic N) is 3. The van der Waals surface area contributed by atoms with Crippen LogP contribution >= 0.6 is 15.9 Å². The predicted molar refractivity (Wildman–Crippen MR) is 71.0 cm³/mol. The van der Waals surface area contributed by atoms with E-state index < -0.39 is 16.7 Å². The normalized spacial score (nSPS) is 10.3. The summed E-state index contributed by atoms with van der Waals surface area (Å²) >= 11 is 3.15. The van der Waals surface area contributed by atoms with Crippen LogP contribution in [0.2, 0.25) is 0 Å². The Kier molecular flexibility index (Phi) is 3.70. The number of halogens is 1. The molecule has 8 nitrogen and oxygen atoms in total. The monoisotopic (exact) mass is 341 g/mol. The molecule has 1 N–H and O–H groups in total. The van der Waals surface area contributed by atoms with Gasteiger partial charge in [0, 0.05) is 11.5 Å². The van der Waals surface area contributed by atoms with Gasteiger partial charge in [0.05, 0.1) is 0 Å². The maximum absolute atomic E-state index is 11.1. The van der Waals surface area contributed by atoms with Crippen LogP contribution in [0.5, 0.6) is 11.6 Å². The lowest BCUT2D eigenvalue weighted by Crippen LogP contribution is -2.03. The Labute approximate surface area is 120 Å². The van der Waals surface area contributed by atoms with Gasteiger partial charge in [-0.25, -0.2) is 4.79 Å². The van der Waals surface area contributed by atoms with Crippen LogP contribution in [0.1, 0.15) is 10.4 Å². The molecule has 0 atom stereocenters. The van der Waals surface area contributed by atoms with Gasteiger partial charge in [0.2, 0.25) is 6.33 Å². The molecule has 2 aromatic rings. The standard InChI is InChI=1S/C11H8BrN3O5/c1-14-5-13-9(15(18)19)10(14)20-8-3-2-6(12)4-7(8)11(16)17/h2-5H,1H3,(H,16,17). The molecule has 1 aromatic heterocycles. The first-order valence-electron chi connectivity index (χ1n) is 5.26. The molecule has 0 fully saturated rings. The van der Waals surface area contributed by atoms with Crippen molar-refractivity contribution in [3.05, 3.63) is 44.7 Å². The summed E-state index contributed by atoms with van der Waals surface area (Å²) in [7, 11) is 1.51. The number of rotatable bonds is 4. The number of aromatic carboxylic acids is 1. The van der Waals surface area contributed by atoms with Crippen molar-refractivity contribution in [3.63, 3.8) is 0 Å². The molecule has 0 amide bonds. The molecule has 9 heteroatoms. The van der Waals surface area contributed by atoms with Crippen LogP contribution in [-0.4, -0.2) is 25.6 Å². The van der Waals surface area contributed by atoms with Crippen LogP contribution in [0.15, 0.2) is 29.0 Å². The zero-order chi connectivity index (χ0) is 14.9. The Morgan fingerprint density at radius 1 is 1.55 bits per heavy atom. The fourth-order valence-corrected chi connectivity index (χ4v) is 1.87. The highest BCUT2D eigenvalue weighted by molar-refractivity contribution is 9.10. The number of benzene rings is 1. The van der Waals surface area contributed by atoms with E-state index in [9.17, 15) is 14.9 Å². The van der Waals surface area contributed by atoms with Crippen LogP contribution < -0.4 is 4.74 Å². The Bertz CT molecular complexity index is 697. The third-order valence-electron chi connectivity index (χ3n) is 2.42. The van der Waals surface area contributed by atoms with Crippen molar-refractivity contribution in [2.45, 2.75) is 0 Å². The van der Waals surface area contributed by atoms with Crippen molar-refractivity contribution in [2.24, 2.45) is 7.05 Å². The predicted octanol–water partition coefficient (Wildman–Crippen LogP) is 2.58. The molecule has 0 unspecified atom stereocenters. The van der Waals surface area contributed by atoms with E-state index in [4.69, 9.17) is 9.84 Å². The Morgan fingerprint density at radius 3 is 2.85 bits per heavy atom. The first-order valence-corrected chi connectivity index (χ1v) is 6.06. The van der Waals surface area contributed by atoms with Crippen LogP contribution in [0.25, 0.3) is 0 Å². The second-order valence-electron chi connectivity index (χ2n) is 3.79. The first-order chi connectivity index (χ1) is 9.40. The summed E-state index contributed by atoms with van der Waals surface area (Å²) in [4.78, 5) is 24.9. The fraction of sp³-hybridized carbons (Fsp3) is 0.0909. The molecule has 1 aromatic carbocycles. The highest BCUT2D eigenvalue weighted by Crippen LogP contribution is 2.32. The largest absolute Gasteiger partial charge is 0.478 e. The van der Waals surface area contributed by atoms with Gasteiger partial charge in [-0.05, 0) is 28.1 Å². The van der Waals surface area contributed by atoms with E-state index in [1.165, 1.54) is 30.1 Å². The third kappa shape index (κ3) is 2.62. The quantitative estimate of drug-likeness (QED) is 0.676. The van der Waals surface area contributed by atoms with E-state index in [1.807, 2.05) is 0 Å². The zero-order valence-electron chi connectivity index (χ0n) is 10.1. The number of carbonyl (C=O) groups is 1. The van der Waals surface area contributed by atoms with E-state index in [1.54, 1.807) is 6.07 Å². The summed E-state index contributed by atoms with van der Waals surface area (Å²) in [6.07, 6.45) is 1.22. The molecule has 0 saturated heterocycles. The summed E-state index contributed by atoms with van der Waals surface area (Å²) in [6.45, 7) is 0. The molecular formula is C11H8BrN3O5. The van der Waals surface area contributed by atoms with Crippen LogP contribution in [0.4, 0.5) is 5.82 Å². The molecule has 2 rings (SSSR count). The number of aryl methyl sites for hydroxylation is 1. The fourth-order valence-electron chi connectivity index (χ4n) is 1.51. The van der Waals surface area contributed by atoms with E-state index in [-0.39, 0.29) is 17.2 Å². The van der Waals surface area contributed by atoms with Gasteiger partial charge in [-0.3, -0.25) is 4.57 Å². The number of hydrogen-bond donors (Lipinski definition) is 1. The number of aromatic nitrogens is 2. The number of nitro groups is 1. The van der Waals surface area contributed by atoms with Crippen molar-refractivity contribution >= 4 is 27.7 Å². The zero-order valence-corrected chi connectivity index (χ0v) is 11.7. The smallest absolute Gasteiger partial charge is 0.427 e. The van der Waals surface area contributed by atoms with E-state index in [0.29, 0.717) is 4.47 Å². The van der Waals surface area contributed by atoms with Crippen molar-refractivity contribution in [1.29, 1.82) is 0 Å². The minimum atomic E-state index is -1.20. The summed E-state index contributed by atoms with van der Waals surface area (Å²) in [5, 5.41) is 19.9. The minimum Gasteiger partial charge on any atom is -0.478 e. The molecule has 0 aliphatic rings. The molecule has 104 valence electrons. The van der Waals surface area contributed by atoms with Crippen LogP contribution in [0.3, 0.4) is 0 Å². The highest BCUT2D eigenvalue weighted by Gasteiger charge is 2.24. The molecule has 20 heavy (non-hydrogen) atoms. The van der Waals surface area contributed by atoms with Crippen LogP contribution in [0, 0.1) is 10.1 Å². The molecule has 0 aliphatic carbocycles. The van der Waals surface area contributed by atoms with Gasteiger partial charge >= 0.3 is 17.7 Å². The van der Waals surface area contributed by atoms with Crippen molar-refractivity contribution in [1.82, 2.24) is 9.55 Å². The summed E-state index contributed by atoms with van der Waals surface area (Å²) in [5.41, 5.74) is -0.116. The maximum atomic E-state index is 11.1. The topological polar surface area (TPSA) is 107 Å². The molecule has 0 bridgehead atoms. The summed E-state index contributed by atoms with van der Waals surface area (Å²) in [6, 6.07) is 4.33. The number of imidazole rings is 1. The van der Waals surface area contributed by atoms with E-state index >= 15 is 0 Å². The minimum absolute atomic E-state index is 0.00704. The number of ether oxygens (including phenoxy) is 1. The average Bonchev–Trinajstić information content (AvgIpc) is 2.73. The second-order valence-corrected chi connectivity index (χ2v) is 4.70. The molecule has 1 heterocycles.